The van der Waals surface area contributed by atoms with Gasteiger partial charge in [0, 0.05) is 0 Å². The number of ether oxygens (including phenoxy) is 6. The highest BCUT2D eigenvalue weighted by Gasteiger charge is 2.48. The average molecular weight is 651 g/mol. The van der Waals surface area contributed by atoms with Crippen LogP contribution in [-0.4, -0.2) is 53.6 Å². The normalized spacial score (nSPS) is 18.5. The third-order valence-corrected chi connectivity index (χ3v) is 7.62. The van der Waals surface area contributed by atoms with Gasteiger partial charge in [-0.1, -0.05) is 72.8 Å². The quantitative estimate of drug-likeness (QED) is 0.150. The molecule has 4 aromatic rings. The molecule has 1 aliphatic rings. The van der Waals surface area contributed by atoms with Gasteiger partial charge in [-0.05, 0) is 49.2 Å². The smallest absolute Gasteiger partial charge is 0.164 e. The summed E-state index contributed by atoms with van der Waals surface area (Å²) in [5.74, 6) is -1.45. The number of benzene rings is 4. The molecule has 0 bridgehead atoms. The first kappa shape index (κ1) is 34.4. The van der Waals surface area contributed by atoms with Crippen LogP contribution in [0, 0.1) is 11.6 Å². The molecular weight excluding hydrogens is 610 g/mol. The number of aliphatic hydroxyl groups excluding tert-OH is 2. The molecule has 5 rings (SSSR count). The Morgan fingerprint density at radius 3 is 1.40 bits per heavy atom. The van der Waals surface area contributed by atoms with E-state index in [1.807, 2.05) is 60.7 Å². The maximum atomic E-state index is 14.7. The highest BCUT2D eigenvalue weighted by molar-refractivity contribution is 5.35. The second kappa shape index (κ2) is 16.3. The zero-order valence-electron chi connectivity index (χ0n) is 26.4. The predicted octanol–water partition coefficient (Wildman–Crippen LogP) is 6.10. The van der Waals surface area contributed by atoms with Gasteiger partial charge in [-0.15, -0.1) is 0 Å². The molecule has 1 aliphatic heterocycles. The standard InChI is InChI=1S/C37H40F2O8/c1-37(2)46-35(31(40)23-42-21-27-29(38)15-9-17-33(27)44-19-25-11-5-3-6-12-25)36(47-37)32(41)24-43-22-28-30(39)16-10-18-34(28)45-20-26-13-7-4-8-14-26/h3-18,31-32,35-36,40-41H,19-24H2,1-2H3/t31-,32-,35-,36-/m1/s1. The van der Waals surface area contributed by atoms with E-state index in [9.17, 15) is 19.0 Å². The summed E-state index contributed by atoms with van der Waals surface area (Å²) in [6.45, 7) is 3.01. The minimum absolute atomic E-state index is 0.168. The number of halogens is 2. The lowest BCUT2D eigenvalue weighted by Gasteiger charge is -2.26. The van der Waals surface area contributed by atoms with Gasteiger partial charge in [0.25, 0.3) is 0 Å². The van der Waals surface area contributed by atoms with Crippen molar-refractivity contribution in [2.45, 2.75) is 70.5 Å². The highest BCUT2D eigenvalue weighted by atomic mass is 19.1. The summed E-state index contributed by atoms with van der Waals surface area (Å²) in [7, 11) is 0. The molecule has 4 atom stereocenters. The zero-order chi connectivity index (χ0) is 33.2. The second-order valence-electron chi connectivity index (χ2n) is 11.7. The maximum absolute atomic E-state index is 14.7. The maximum Gasteiger partial charge on any atom is 0.164 e. The zero-order valence-corrected chi connectivity index (χ0v) is 26.4. The minimum Gasteiger partial charge on any atom is -0.488 e. The van der Waals surface area contributed by atoms with Crippen LogP contribution in [0.5, 0.6) is 11.5 Å². The summed E-state index contributed by atoms with van der Waals surface area (Å²) in [6.07, 6.45) is -4.45. The summed E-state index contributed by atoms with van der Waals surface area (Å²) in [5.41, 5.74) is 2.29. The lowest BCUT2D eigenvalue weighted by Crippen LogP contribution is -2.45. The summed E-state index contributed by atoms with van der Waals surface area (Å²) in [5, 5.41) is 22.1. The Morgan fingerprint density at radius 1 is 0.596 bits per heavy atom. The van der Waals surface area contributed by atoms with Gasteiger partial charge in [0.05, 0.1) is 37.6 Å². The van der Waals surface area contributed by atoms with E-state index < -0.39 is 41.8 Å². The Morgan fingerprint density at radius 2 is 1.00 bits per heavy atom. The molecule has 8 nitrogen and oxygen atoms in total. The molecule has 0 unspecified atom stereocenters. The Kier molecular flexibility index (Phi) is 11.9. The molecule has 0 aromatic heterocycles. The lowest BCUT2D eigenvalue weighted by molar-refractivity contribution is -0.165. The van der Waals surface area contributed by atoms with Gasteiger partial charge in [-0.2, -0.15) is 0 Å². The van der Waals surface area contributed by atoms with Crippen LogP contribution in [0.1, 0.15) is 36.1 Å². The number of rotatable bonds is 16. The van der Waals surface area contributed by atoms with E-state index in [1.54, 1.807) is 38.1 Å². The van der Waals surface area contributed by atoms with Crippen LogP contribution in [-0.2, 0) is 45.4 Å². The van der Waals surface area contributed by atoms with Gasteiger partial charge in [-0.25, -0.2) is 8.78 Å². The first-order valence-electron chi connectivity index (χ1n) is 15.5. The van der Waals surface area contributed by atoms with Crippen molar-refractivity contribution in [3.05, 3.63) is 131 Å². The molecule has 1 saturated heterocycles. The monoisotopic (exact) mass is 650 g/mol. The Bertz CT molecular complexity index is 1440. The second-order valence-corrected chi connectivity index (χ2v) is 11.7. The van der Waals surface area contributed by atoms with Crippen molar-refractivity contribution in [1.82, 2.24) is 0 Å². The summed E-state index contributed by atoms with van der Waals surface area (Å²) >= 11 is 0. The minimum atomic E-state index is -1.23. The first-order valence-corrected chi connectivity index (χ1v) is 15.5. The molecule has 1 heterocycles. The van der Waals surface area contributed by atoms with Gasteiger partial charge in [0.15, 0.2) is 5.79 Å². The van der Waals surface area contributed by atoms with E-state index in [-0.39, 0.29) is 50.8 Å². The largest absolute Gasteiger partial charge is 0.488 e. The highest BCUT2D eigenvalue weighted by Crippen LogP contribution is 2.33. The Hall–Kier alpha value is -3.90. The molecule has 2 N–H and O–H groups in total. The SMILES string of the molecule is CC1(C)O[C@H]([C@H](O)COCc2c(F)cccc2OCc2ccccc2)[C@@H]([C@H](O)COCc2c(F)cccc2OCc2ccccc2)O1. The van der Waals surface area contributed by atoms with Crippen LogP contribution < -0.4 is 9.47 Å². The molecule has 0 saturated carbocycles. The molecule has 0 spiro atoms. The van der Waals surface area contributed by atoms with E-state index in [2.05, 4.69) is 0 Å². The van der Waals surface area contributed by atoms with Crippen molar-refractivity contribution in [2.75, 3.05) is 13.2 Å². The fraction of sp³-hybridized carbons (Fsp3) is 0.351. The lowest BCUT2D eigenvalue weighted by atomic mass is 10.0. The summed E-state index contributed by atoms with van der Waals surface area (Å²) in [4.78, 5) is 0. The topological polar surface area (TPSA) is 95.8 Å². The first-order chi connectivity index (χ1) is 22.7. The fourth-order valence-corrected chi connectivity index (χ4v) is 5.26. The van der Waals surface area contributed by atoms with Crippen LogP contribution in [0.15, 0.2) is 97.1 Å². The van der Waals surface area contributed by atoms with E-state index in [0.29, 0.717) is 11.5 Å². The van der Waals surface area contributed by atoms with Crippen LogP contribution in [0.25, 0.3) is 0 Å². The molecule has 0 aliphatic carbocycles. The van der Waals surface area contributed by atoms with Crippen molar-refractivity contribution in [3.63, 3.8) is 0 Å². The molecule has 250 valence electrons. The fourth-order valence-electron chi connectivity index (χ4n) is 5.26. The average Bonchev–Trinajstić information content (AvgIpc) is 3.41. The molecular formula is C37H40F2O8. The predicted molar refractivity (Wildman–Crippen MR) is 169 cm³/mol. The number of hydrogen-bond acceptors (Lipinski definition) is 8. The number of hydrogen-bond donors (Lipinski definition) is 2. The molecule has 1 fully saturated rings. The van der Waals surface area contributed by atoms with Crippen LogP contribution in [0.3, 0.4) is 0 Å². The van der Waals surface area contributed by atoms with Crippen molar-refractivity contribution in [2.24, 2.45) is 0 Å². The van der Waals surface area contributed by atoms with Crippen molar-refractivity contribution in [1.29, 1.82) is 0 Å². The van der Waals surface area contributed by atoms with Crippen molar-refractivity contribution >= 4 is 0 Å². The van der Waals surface area contributed by atoms with Crippen LogP contribution in [0.2, 0.25) is 0 Å². The van der Waals surface area contributed by atoms with Crippen LogP contribution in [0.4, 0.5) is 8.78 Å². The third-order valence-electron chi connectivity index (χ3n) is 7.62. The molecule has 10 heteroatoms. The third kappa shape index (κ3) is 9.57. The Labute approximate surface area is 273 Å². The molecule has 4 aromatic carbocycles. The van der Waals surface area contributed by atoms with E-state index in [0.717, 1.165) is 11.1 Å². The van der Waals surface area contributed by atoms with E-state index in [1.165, 1.54) is 12.1 Å². The van der Waals surface area contributed by atoms with Gasteiger partial charge in [0.2, 0.25) is 0 Å². The summed E-state index contributed by atoms with van der Waals surface area (Å²) in [6, 6.07) is 28.1. The van der Waals surface area contributed by atoms with Crippen LogP contribution >= 0.6 is 0 Å². The molecule has 47 heavy (non-hydrogen) atoms. The van der Waals surface area contributed by atoms with E-state index in [4.69, 9.17) is 28.4 Å². The van der Waals surface area contributed by atoms with Gasteiger partial charge in [-0.3, -0.25) is 0 Å². The molecule has 0 amide bonds. The Balaban J connectivity index is 1.15. The number of aliphatic hydroxyl groups is 2. The van der Waals surface area contributed by atoms with Gasteiger partial charge in [0.1, 0.15) is 60.8 Å². The summed E-state index contributed by atoms with van der Waals surface area (Å²) < 4.78 is 64.4. The van der Waals surface area contributed by atoms with E-state index >= 15 is 0 Å². The van der Waals surface area contributed by atoms with Gasteiger partial charge < -0.3 is 38.6 Å². The molecule has 0 radical (unpaired) electrons. The van der Waals surface area contributed by atoms with Gasteiger partial charge >= 0.3 is 0 Å². The van der Waals surface area contributed by atoms with Crippen molar-refractivity contribution in [3.8, 4) is 11.5 Å². The van der Waals surface area contributed by atoms with Crippen molar-refractivity contribution < 1.29 is 47.4 Å².